The average molecular weight is 301 g/mol. The summed E-state index contributed by atoms with van der Waals surface area (Å²) in [6, 6.07) is 9.44. The second kappa shape index (κ2) is 7.28. The number of carbonyl (C=O) groups excluding carboxylic acids is 1. The number of nitrogens with zero attached hydrogens (tertiary/aromatic N) is 2. The number of carbonyl (C=O) groups is 1. The van der Waals surface area contributed by atoms with E-state index in [0.717, 1.165) is 11.3 Å². The number of morpholine rings is 1. The van der Waals surface area contributed by atoms with Gasteiger partial charge in [0.25, 0.3) is 0 Å². The lowest BCUT2D eigenvalue weighted by Gasteiger charge is -2.36. The van der Waals surface area contributed by atoms with Crippen molar-refractivity contribution in [1.82, 2.24) is 4.90 Å². The molecule has 1 aromatic rings. The molecule has 0 bridgehead atoms. The summed E-state index contributed by atoms with van der Waals surface area (Å²) in [5, 5.41) is 11.9. The van der Waals surface area contributed by atoms with E-state index >= 15 is 0 Å². The summed E-state index contributed by atoms with van der Waals surface area (Å²) in [5.41, 5.74) is 1.86. The molecule has 5 heteroatoms. The van der Waals surface area contributed by atoms with Crippen LogP contribution in [0.5, 0.6) is 0 Å². The Hall–Kier alpha value is -2.06. The van der Waals surface area contributed by atoms with Gasteiger partial charge in [0.2, 0.25) is 5.91 Å². The number of ether oxygens (including phenoxy) is 1. The number of hydrogen-bond acceptors (Lipinski definition) is 4. The van der Waals surface area contributed by atoms with Crippen LogP contribution in [0.25, 0.3) is 0 Å². The predicted octanol–water partition coefficient (Wildman–Crippen LogP) is 2.19. The Labute approximate surface area is 131 Å². The minimum Gasteiger partial charge on any atom is -0.374 e. The highest BCUT2D eigenvalue weighted by molar-refractivity contribution is 5.84. The van der Waals surface area contributed by atoms with E-state index in [1.54, 1.807) is 0 Å². The fraction of sp³-hybridized carbons (Fsp3) is 0.529. The van der Waals surface area contributed by atoms with E-state index < -0.39 is 0 Å². The van der Waals surface area contributed by atoms with Crippen molar-refractivity contribution in [2.45, 2.75) is 45.4 Å². The second-order valence-corrected chi connectivity index (χ2v) is 5.90. The highest BCUT2D eigenvalue weighted by atomic mass is 16.5. The van der Waals surface area contributed by atoms with Gasteiger partial charge < -0.3 is 15.0 Å². The first-order valence-corrected chi connectivity index (χ1v) is 7.66. The monoisotopic (exact) mass is 301 g/mol. The van der Waals surface area contributed by atoms with E-state index in [1.165, 1.54) is 0 Å². The average Bonchev–Trinajstić information content (AvgIpc) is 2.47. The van der Waals surface area contributed by atoms with Crippen molar-refractivity contribution < 1.29 is 9.53 Å². The molecule has 22 heavy (non-hydrogen) atoms. The quantitative estimate of drug-likeness (QED) is 0.926. The molecular formula is C17H23N3O2. The standard InChI is InChI=1S/C17H23N3O2/c1-12-10-20(11-13(2)22-12)17(21)14(3)19-16-6-4-15(5-7-16)8-9-18/h4-7,12-14,19H,8,10-11H2,1-3H3/t12-,13-,14-/m1/s1. The SMILES string of the molecule is C[C@@H]1CN(C(=O)[C@@H](C)Nc2ccc(CC#N)cc2)C[C@@H](C)O1. The van der Waals surface area contributed by atoms with Crippen LogP contribution >= 0.6 is 0 Å². The molecule has 118 valence electrons. The molecule has 5 nitrogen and oxygen atoms in total. The normalized spacial score (nSPS) is 22.7. The first-order chi connectivity index (χ1) is 10.5. The Morgan fingerprint density at radius 2 is 1.95 bits per heavy atom. The predicted molar refractivity (Wildman–Crippen MR) is 85.4 cm³/mol. The molecule has 1 aliphatic heterocycles. The van der Waals surface area contributed by atoms with Crippen molar-refractivity contribution in [3.8, 4) is 6.07 Å². The van der Waals surface area contributed by atoms with Gasteiger partial charge in [0.05, 0.1) is 24.7 Å². The molecular weight excluding hydrogens is 278 g/mol. The molecule has 1 aliphatic rings. The number of anilines is 1. The molecule has 0 aliphatic carbocycles. The van der Waals surface area contributed by atoms with E-state index in [0.29, 0.717) is 19.5 Å². The van der Waals surface area contributed by atoms with Gasteiger partial charge in [0.15, 0.2) is 0 Å². The molecule has 1 N–H and O–H groups in total. The lowest BCUT2D eigenvalue weighted by molar-refractivity contribution is -0.143. The van der Waals surface area contributed by atoms with Crippen LogP contribution in [-0.4, -0.2) is 42.1 Å². The lowest BCUT2D eigenvalue weighted by Crippen LogP contribution is -2.52. The van der Waals surface area contributed by atoms with Gasteiger partial charge in [-0.2, -0.15) is 5.26 Å². The summed E-state index contributed by atoms with van der Waals surface area (Å²) >= 11 is 0. The number of benzene rings is 1. The Morgan fingerprint density at radius 1 is 1.36 bits per heavy atom. The second-order valence-electron chi connectivity index (χ2n) is 5.90. The van der Waals surface area contributed by atoms with Crippen molar-refractivity contribution in [2.24, 2.45) is 0 Å². The molecule has 1 fully saturated rings. The molecule has 0 saturated carbocycles. The van der Waals surface area contributed by atoms with Crippen molar-refractivity contribution in [2.75, 3.05) is 18.4 Å². The molecule has 0 aromatic heterocycles. The van der Waals surface area contributed by atoms with Crippen LogP contribution in [0.3, 0.4) is 0 Å². The van der Waals surface area contributed by atoms with Gasteiger partial charge in [-0.15, -0.1) is 0 Å². The summed E-state index contributed by atoms with van der Waals surface area (Å²) in [4.78, 5) is 14.4. The smallest absolute Gasteiger partial charge is 0.244 e. The van der Waals surface area contributed by atoms with Gasteiger partial charge in [-0.25, -0.2) is 0 Å². The highest BCUT2D eigenvalue weighted by Gasteiger charge is 2.28. The first-order valence-electron chi connectivity index (χ1n) is 7.66. The van der Waals surface area contributed by atoms with E-state index in [-0.39, 0.29) is 24.2 Å². The molecule has 1 heterocycles. The zero-order chi connectivity index (χ0) is 16.1. The summed E-state index contributed by atoms with van der Waals surface area (Å²) < 4.78 is 5.66. The third-order valence-corrected chi connectivity index (χ3v) is 3.72. The van der Waals surface area contributed by atoms with E-state index in [9.17, 15) is 4.79 Å². The number of hydrogen-bond donors (Lipinski definition) is 1. The molecule has 1 aromatic carbocycles. The summed E-state index contributed by atoms with van der Waals surface area (Å²) in [6.07, 6.45) is 0.550. The molecule has 3 atom stereocenters. The highest BCUT2D eigenvalue weighted by Crippen LogP contribution is 2.15. The minimum absolute atomic E-state index is 0.0742. The van der Waals surface area contributed by atoms with Gasteiger partial charge in [0, 0.05) is 18.8 Å². The van der Waals surface area contributed by atoms with Gasteiger partial charge in [-0.3, -0.25) is 4.79 Å². The summed E-state index contributed by atoms with van der Waals surface area (Å²) in [5.74, 6) is 0.0862. The molecule has 1 saturated heterocycles. The summed E-state index contributed by atoms with van der Waals surface area (Å²) in [6.45, 7) is 7.12. The zero-order valence-electron chi connectivity index (χ0n) is 13.4. The fourth-order valence-electron chi connectivity index (χ4n) is 2.75. The van der Waals surface area contributed by atoms with Gasteiger partial charge >= 0.3 is 0 Å². The van der Waals surface area contributed by atoms with Gasteiger partial charge in [0.1, 0.15) is 6.04 Å². The van der Waals surface area contributed by atoms with Crippen LogP contribution in [0.1, 0.15) is 26.3 Å². The van der Waals surface area contributed by atoms with Crippen LogP contribution in [0.15, 0.2) is 24.3 Å². The molecule has 0 unspecified atom stereocenters. The van der Waals surface area contributed by atoms with E-state index in [2.05, 4.69) is 11.4 Å². The van der Waals surface area contributed by atoms with Crippen LogP contribution in [0, 0.1) is 11.3 Å². The zero-order valence-corrected chi connectivity index (χ0v) is 13.4. The van der Waals surface area contributed by atoms with E-state index in [1.807, 2.05) is 49.9 Å². The Kier molecular flexibility index (Phi) is 5.40. The molecule has 0 spiro atoms. The third-order valence-electron chi connectivity index (χ3n) is 3.72. The van der Waals surface area contributed by atoms with Crippen LogP contribution < -0.4 is 5.32 Å². The van der Waals surface area contributed by atoms with Crippen molar-refractivity contribution in [3.05, 3.63) is 29.8 Å². The van der Waals surface area contributed by atoms with Crippen molar-refractivity contribution in [1.29, 1.82) is 5.26 Å². The molecule has 1 amide bonds. The fourth-order valence-corrected chi connectivity index (χ4v) is 2.75. The maximum absolute atomic E-state index is 12.5. The van der Waals surface area contributed by atoms with Crippen LogP contribution in [0.4, 0.5) is 5.69 Å². The van der Waals surface area contributed by atoms with Crippen LogP contribution in [-0.2, 0) is 16.0 Å². The lowest BCUT2D eigenvalue weighted by atomic mass is 10.1. The number of nitriles is 1. The molecule has 0 radical (unpaired) electrons. The Balaban J connectivity index is 1.94. The Bertz CT molecular complexity index is 540. The maximum Gasteiger partial charge on any atom is 0.244 e. The minimum atomic E-state index is -0.292. The number of rotatable bonds is 4. The van der Waals surface area contributed by atoms with Crippen molar-refractivity contribution >= 4 is 11.6 Å². The van der Waals surface area contributed by atoms with Gasteiger partial charge in [-0.1, -0.05) is 12.1 Å². The van der Waals surface area contributed by atoms with Crippen LogP contribution in [0.2, 0.25) is 0 Å². The van der Waals surface area contributed by atoms with Gasteiger partial charge in [-0.05, 0) is 38.5 Å². The summed E-state index contributed by atoms with van der Waals surface area (Å²) in [7, 11) is 0. The Morgan fingerprint density at radius 3 is 2.50 bits per heavy atom. The van der Waals surface area contributed by atoms with E-state index in [4.69, 9.17) is 10.00 Å². The van der Waals surface area contributed by atoms with Crippen molar-refractivity contribution in [3.63, 3.8) is 0 Å². The first kappa shape index (κ1) is 16.3. The number of amides is 1. The topological polar surface area (TPSA) is 65.4 Å². The maximum atomic E-state index is 12.5. The molecule has 2 rings (SSSR count). The largest absolute Gasteiger partial charge is 0.374 e. The third kappa shape index (κ3) is 4.22. The number of nitrogens with one attached hydrogen (secondary N) is 1.